The van der Waals surface area contributed by atoms with Crippen LogP contribution in [0.3, 0.4) is 0 Å². The molecule has 0 aliphatic heterocycles. The molecule has 0 saturated heterocycles. The molecule has 0 amide bonds. The first kappa shape index (κ1) is 19.2. The van der Waals surface area contributed by atoms with Gasteiger partial charge >= 0.3 is 11.9 Å². The number of carboxylic acids is 2. The summed E-state index contributed by atoms with van der Waals surface area (Å²) >= 11 is 0. The number of hydrogen-bond acceptors (Lipinski definition) is 5. The van der Waals surface area contributed by atoms with Crippen LogP contribution in [0.5, 0.6) is 5.75 Å². The van der Waals surface area contributed by atoms with Gasteiger partial charge in [-0.3, -0.25) is 0 Å². The van der Waals surface area contributed by atoms with Gasteiger partial charge in [0.2, 0.25) is 0 Å². The number of aliphatic carboxylic acids is 2. The fourth-order valence-electron chi connectivity index (χ4n) is 1.88. The van der Waals surface area contributed by atoms with Crippen molar-refractivity contribution in [3.63, 3.8) is 0 Å². The smallest absolute Gasteiger partial charge is 0.414 e. The van der Waals surface area contributed by atoms with E-state index in [9.17, 15) is 0 Å². The largest absolute Gasteiger partial charge is 0.496 e. The number of nitrogens with one attached hydrogen (secondary N) is 1. The molecule has 0 atom stereocenters. The Labute approximate surface area is 139 Å². The second kappa shape index (κ2) is 10.8. The number of rotatable bonds is 7. The lowest BCUT2D eigenvalue weighted by molar-refractivity contribution is -0.159. The van der Waals surface area contributed by atoms with Crippen LogP contribution < -0.4 is 10.1 Å². The number of para-hydroxylation sites is 1. The van der Waals surface area contributed by atoms with Gasteiger partial charge in [-0.2, -0.15) is 0 Å². The third-order valence-corrected chi connectivity index (χ3v) is 3.02. The second-order valence-corrected chi connectivity index (χ2v) is 4.75. The van der Waals surface area contributed by atoms with Gasteiger partial charge in [0.05, 0.1) is 13.4 Å². The van der Waals surface area contributed by atoms with Crippen LogP contribution in [0, 0.1) is 0 Å². The van der Waals surface area contributed by atoms with Gasteiger partial charge in [0.15, 0.2) is 0 Å². The number of ether oxygens (including phenoxy) is 1. The summed E-state index contributed by atoms with van der Waals surface area (Å²) < 4.78 is 7.40. The van der Waals surface area contributed by atoms with E-state index in [4.69, 9.17) is 24.5 Å². The fraction of sp³-hybridized carbons (Fsp3) is 0.312. The van der Waals surface area contributed by atoms with Gasteiger partial charge in [-0.25, -0.2) is 14.6 Å². The molecular weight excluding hydrogens is 314 g/mol. The maximum absolute atomic E-state index is 9.10. The first-order valence-corrected chi connectivity index (χ1v) is 7.29. The highest BCUT2D eigenvalue weighted by Crippen LogP contribution is 2.16. The minimum Gasteiger partial charge on any atom is -0.496 e. The molecule has 0 fully saturated rings. The van der Waals surface area contributed by atoms with Crippen molar-refractivity contribution < 1.29 is 24.5 Å². The van der Waals surface area contributed by atoms with Crippen LogP contribution in [0.25, 0.3) is 0 Å². The van der Waals surface area contributed by atoms with Crippen molar-refractivity contribution in [3.05, 3.63) is 48.5 Å². The normalized spacial score (nSPS) is 9.71. The molecule has 0 unspecified atom stereocenters. The number of methoxy groups -OCH3 is 1. The molecule has 0 saturated carbocycles. The van der Waals surface area contributed by atoms with Crippen LogP contribution >= 0.6 is 0 Å². The summed E-state index contributed by atoms with van der Waals surface area (Å²) in [7, 11) is 1.71. The van der Waals surface area contributed by atoms with Crippen molar-refractivity contribution in [2.24, 2.45) is 0 Å². The van der Waals surface area contributed by atoms with E-state index in [-0.39, 0.29) is 0 Å². The van der Waals surface area contributed by atoms with Gasteiger partial charge in [0.1, 0.15) is 5.75 Å². The van der Waals surface area contributed by atoms with Crippen LogP contribution in [0.1, 0.15) is 12.0 Å². The number of aromatic nitrogens is 2. The zero-order valence-corrected chi connectivity index (χ0v) is 13.4. The SMILES string of the molecule is COc1ccccc1CNCCCn1ccnc1.O=C(O)C(=O)O. The summed E-state index contributed by atoms with van der Waals surface area (Å²) in [6.07, 6.45) is 6.73. The van der Waals surface area contributed by atoms with Crippen LogP contribution in [-0.4, -0.2) is 45.4 Å². The quantitative estimate of drug-likeness (QED) is 0.515. The van der Waals surface area contributed by atoms with E-state index in [1.807, 2.05) is 36.9 Å². The van der Waals surface area contributed by atoms with Crippen LogP contribution in [0.4, 0.5) is 0 Å². The van der Waals surface area contributed by atoms with Crippen molar-refractivity contribution in [3.8, 4) is 5.75 Å². The molecule has 2 rings (SSSR count). The zero-order chi connectivity index (χ0) is 17.8. The Balaban J connectivity index is 0.000000413. The lowest BCUT2D eigenvalue weighted by atomic mass is 10.2. The van der Waals surface area contributed by atoms with Gasteiger partial charge in [-0.1, -0.05) is 18.2 Å². The highest BCUT2D eigenvalue weighted by atomic mass is 16.5. The van der Waals surface area contributed by atoms with Crippen molar-refractivity contribution in [2.75, 3.05) is 13.7 Å². The monoisotopic (exact) mass is 335 g/mol. The first-order chi connectivity index (χ1) is 11.5. The third kappa shape index (κ3) is 7.41. The van der Waals surface area contributed by atoms with Crippen LogP contribution in [0.15, 0.2) is 43.0 Å². The van der Waals surface area contributed by atoms with Crippen molar-refractivity contribution in [2.45, 2.75) is 19.5 Å². The van der Waals surface area contributed by atoms with E-state index in [1.54, 1.807) is 7.11 Å². The predicted molar refractivity (Wildman–Crippen MR) is 86.8 cm³/mol. The lowest BCUT2D eigenvalue weighted by Gasteiger charge is -2.09. The molecular formula is C16H21N3O5. The van der Waals surface area contributed by atoms with Gasteiger partial charge < -0.3 is 24.8 Å². The maximum atomic E-state index is 9.10. The second-order valence-electron chi connectivity index (χ2n) is 4.75. The fourth-order valence-corrected chi connectivity index (χ4v) is 1.88. The molecule has 24 heavy (non-hydrogen) atoms. The molecule has 0 radical (unpaired) electrons. The summed E-state index contributed by atoms with van der Waals surface area (Å²) in [6.45, 7) is 2.82. The summed E-state index contributed by atoms with van der Waals surface area (Å²) in [4.78, 5) is 22.2. The number of aryl methyl sites for hydroxylation is 1. The van der Waals surface area contributed by atoms with E-state index < -0.39 is 11.9 Å². The lowest BCUT2D eigenvalue weighted by Crippen LogP contribution is -2.16. The molecule has 1 aromatic carbocycles. The number of carboxylic acid groups (broad SMARTS) is 2. The Morgan fingerprint density at radius 2 is 1.96 bits per heavy atom. The summed E-state index contributed by atoms with van der Waals surface area (Å²) in [5.74, 6) is -2.70. The van der Waals surface area contributed by atoms with Crippen LogP contribution in [-0.2, 0) is 22.7 Å². The Morgan fingerprint density at radius 1 is 1.25 bits per heavy atom. The Morgan fingerprint density at radius 3 is 2.54 bits per heavy atom. The number of nitrogens with zero attached hydrogens (tertiary/aromatic N) is 2. The molecule has 8 nitrogen and oxygen atoms in total. The van der Waals surface area contributed by atoms with Crippen molar-refractivity contribution >= 4 is 11.9 Å². The highest BCUT2D eigenvalue weighted by molar-refractivity contribution is 6.27. The standard InChI is InChI=1S/C14H19N3O.C2H2O4/c1-18-14-6-3-2-5-13(14)11-15-7-4-9-17-10-8-16-12-17;3-1(4)2(5)6/h2-3,5-6,8,10,12,15H,4,7,9,11H2,1H3;(H,3,4)(H,5,6). The van der Waals surface area contributed by atoms with E-state index in [0.717, 1.165) is 31.8 Å². The van der Waals surface area contributed by atoms with Crippen LogP contribution in [0.2, 0.25) is 0 Å². The Kier molecular flexibility index (Phi) is 8.62. The number of hydrogen-bond donors (Lipinski definition) is 3. The molecule has 0 bridgehead atoms. The zero-order valence-electron chi connectivity index (χ0n) is 13.4. The van der Waals surface area contributed by atoms with Gasteiger partial charge in [-0.05, 0) is 19.0 Å². The Bertz CT molecular complexity index is 616. The molecule has 2 aromatic rings. The van der Waals surface area contributed by atoms with Gasteiger partial charge in [0.25, 0.3) is 0 Å². The minimum absolute atomic E-state index is 0.841. The number of carbonyl (C=O) groups is 2. The van der Waals surface area contributed by atoms with E-state index in [0.29, 0.717) is 0 Å². The summed E-state index contributed by atoms with van der Waals surface area (Å²) in [5, 5.41) is 18.2. The molecule has 8 heteroatoms. The topological polar surface area (TPSA) is 114 Å². The molecule has 0 aliphatic carbocycles. The van der Waals surface area contributed by atoms with Crippen molar-refractivity contribution in [1.82, 2.24) is 14.9 Å². The molecule has 0 spiro atoms. The van der Waals surface area contributed by atoms with E-state index in [1.165, 1.54) is 5.56 Å². The third-order valence-electron chi connectivity index (χ3n) is 3.02. The van der Waals surface area contributed by atoms with Gasteiger partial charge in [0, 0.05) is 31.0 Å². The Hall–Kier alpha value is -2.87. The van der Waals surface area contributed by atoms with E-state index >= 15 is 0 Å². The van der Waals surface area contributed by atoms with E-state index in [2.05, 4.69) is 20.9 Å². The molecule has 130 valence electrons. The molecule has 1 aromatic heterocycles. The van der Waals surface area contributed by atoms with Crippen molar-refractivity contribution in [1.29, 1.82) is 0 Å². The predicted octanol–water partition coefficient (Wildman–Crippen LogP) is 1.23. The van der Waals surface area contributed by atoms with Gasteiger partial charge in [-0.15, -0.1) is 0 Å². The number of benzene rings is 1. The highest BCUT2D eigenvalue weighted by Gasteiger charge is 2.04. The summed E-state index contributed by atoms with van der Waals surface area (Å²) in [5.41, 5.74) is 1.20. The molecule has 0 aliphatic rings. The maximum Gasteiger partial charge on any atom is 0.414 e. The average molecular weight is 335 g/mol. The average Bonchev–Trinajstić information content (AvgIpc) is 3.09. The summed E-state index contributed by atoms with van der Waals surface area (Å²) in [6, 6.07) is 8.09. The minimum atomic E-state index is -1.82. The molecule has 1 heterocycles. The first-order valence-electron chi connectivity index (χ1n) is 7.29. The molecule has 3 N–H and O–H groups in total. The number of imidazole rings is 1.